The first-order chi connectivity index (χ1) is 8.70. The molecule has 18 heavy (non-hydrogen) atoms. The lowest BCUT2D eigenvalue weighted by atomic mass is 10.2. The van der Waals surface area contributed by atoms with E-state index in [4.69, 9.17) is 19.8 Å². The lowest BCUT2D eigenvalue weighted by Gasteiger charge is -2.13. The maximum absolute atomic E-state index is 11.1. The zero-order valence-electron chi connectivity index (χ0n) is 10.2. The molecule has 1 aromatic carbocycles. The largest absolute Gasteiger partial charge is 0.490 e. The fourth-order valence-electron chi connectivity index (χ4n) is 1.43. The van der Waals surface area contributed by atoms with Crippen molar-refractivity contribution < 1.29 is 19.4 Å². The Bertz CT molecular complexity index is 451. The number of aromatic carboxylic acids is 1. The first kappa shape index (κ1) is 13.8. The van der Waals surface area contributed by atoms with Crippen LogP contribution in [0.5, 0.6) is 11.5 Å². The highest BCUT2D eigenvalue weighted by molar-refractivity contribution is 5.92. The number of carboxylic acid groups (broad SMARTS) is 1. The van der Waals surface area contributed by atoms with Crippen molar-refractivity contribution in [2.45, 2.75) is 19.8 Å². The molecule has 0 aliphatic carbocycles. The van der Waals surface area contributed by atoms with E-state index in [1.54, 1.807) is 12.1 Å². The number of carboxylic acids is 1. The van der Waals surface area contributed by atoms with Gasteiger partial charge in [0.05, 0.1) is 19.3 Å². The molecule has 5 heteroatoms. The van der Waals surface area contributed by atoms with E-state index in [-0.39, 0.29) is 17.9 Å². The van der Waals surface area contributed by atoms with E-state index in [0.717, 1.165) is 0 Å². The van der Waals surface area contributed by atoms with Crippen molar-refractivity contribution in [3.63, 3.8) is 0 Å². The van der Waals surface area contributed by atoms with Gasteiger partial charge in [0.25, 0.3) is 0 Å². The van der Waals surface area contributed by atoms with Crippen LogP contribution in [0.2, 0.25) is 0 Å². The lowest BCUT2D eigenvalue weighted by Crippen LogP contribution is -2.07. The molecule has 0 radical (unpaired) electrons. The van der Waals surface area contributed by atoms with Gasteiger partial charge in [-0.25, -0.2) is 4.79 Å². The number of nitriles is 1. The molecular formula is C13H15NO4. The van der Waals surface area contributed by atoms with Gasteiger partial charge in [0.15, 0.2) is 11.5 Å². The molecule has 0 aromatic heterocycles. The normalized spacial score (nSPS) is 9.56. The van der Waals surface area contributed by atoms with Crippen LogP contribution >= 0.6 is 0 Å². The van der Waals surface area contributed by atoms with Crippen LogP contribution in [0.15, 0.2) is 18.2 Å². The quantitative estimate of drug-likeness (QED) is 0.751. The number of carbonyl (C=O) groups is 1. The first-order valence-electron chi connectivity index (χ1n) is 5.69. The average molecular weight is 249 g/mol. The molecule has 1 rings (SSSR count). The van der Waals surface area contributed by atoms with Crippen molar-refractivity contribution in [3.05, 3.63) is 23.8 Å². The number of unbranched alkanes of at least 4 members (excludes halogenated alkanes) is 1. The summed E-state index contributed by atoms with van der Waals surface area (Å²) >= 11 is 0. The summed E-state index contributed by atoms with van der Waals surface area (Å²) in [5.41, 5.74) is 0.0675. The van der Waals surface area contributed by atoms with Crippen molar-refractivity contribution in [2.24, 2.45) is 0 Å². The topological polar surface area (TPSA) is 79.6 Å². The highest BCUT2D eigenvalue weighted by Crippen LogP contribution is 2.31. The van der Waals surface area contributed by atoms with E-state index in [0.29, 0.717) is 25.2 Å². The van der Waals surface area contributed by atoms with Gasteiger partial charge in [-0.3, -0.25) is 0 Å². The smallest absolute Gasteiger partial charge is 0.339 e. The van der Waals surface area contributed by atoms with Gasteiger partial charge in [-0.1, -0.05) is 6.07 Å². The van der Waals surface area contributed by atoms with Crippen molar-refractivity contribution in [1.29, 1.82) is 5.26 Å². The van der Waals surface area contributed by atoms with Crippen molar-refractivity contribution >= 4 is 5.97 Å². The molecule has 0 saturated heterocycles. The minimum Gasteiger partial charge on any atom is -0.490 e. The lowest BCUT2D eigenvalue weighted by molar-refractivity contribution is 0.0691. The number of benzene rings is 1. The maximum atomic E-state index is 11.1. The predicted octanol–water partition coefficient (Wildman–Crippen LogP) is 2.47. The molecule has 0 bridgehead atoms. The first-order valence-corrected chi connectivity index (χ1v) is 5.69. The highest BCUT2D eigenvalue weighted by atomic mass is 16.5. The van der Waals surface area contributed by atoms with Gasteiger partial charge < -0.3 is 14.6 Å². The number of hydrogen-bond donors (Lipinski definition) is 1. The Balaban J connectivity index is 2.89. The zero-order valence-corrected chi connectivity index (χ0v) is 10.2. The predicted molar refractivity (Wildman–Crippen MR) is 64.9 cm³/mol. The fourth-order valence-corrected chi connectivity index (χ4v) is 1.43. The molecule has 0 amide bonds. The summed E-state index contributed by atoms with van der Waals surface area (Å²) < 4.78 is 10.8. The monoisotopic (exact) mass is 249 g/mol. The molecule has 0 aliphatic rings. The van der Waals surface area contributed by atoms with E-state index < -0.39 is 5.97 Å². The van der Waals surface area contributed by atoms with Crippen molar-refractivity contribution in [3.8, 4) is 17.6 Å². The van der Waals surface area contributed by atoms with Crippen LogP contribution in [-0.2, 0) is 0 Å². The molecule has 0 fully saturated rings. The molecule has 96 valence electrons. The molecular weight excluding hydrogens is 234 g/mol. The van der Waals surface area contributed by atoms with Crippen LogP contribution in [0, 0.1) is 11.3 Å². The maximum Gasteiger partial charge on any atom is 0.339 e. The summed E-state index contributed by atoms with van der Waals surface area (Å²) in [6.45, 7) is 2.53. The summed E-state index contributed by atoms with van der Waals surface area (Å²) in [4.78, 5) is 11.1. The summed E-state index contributed by atoms with van der Waals surface area (Å²) in [5, 5.41) is 17.5. The van der Waals surface area contributed by atoms with Gasteiger partial charge in [-0.2, -0.15) is 5.26 Å². The zero-order chi connectivity index (χ0) is 13.4. The van der Waals surface area contributed by atoms with Crippen LogP contribution in [0.4, 0.5) is 0 Å². The van der Waals surface area contributed by atoms with Gasteiger partial charge in [0.2, 0.25) is 0 Å². The number of nitrogens with zero attached hydrogens (tertiary/aromatic N) is 1. The summed E-state index contributed by atoms with van der Waals surface area (Å²) in [6.07, 6.45) is 0.926. The number of rotatable bonds is 7. The summed E-state index contributed by atoms with van der Waals surface area (Å²) in [7, 11) is 0. The molecule has 0 heterocycles. The van der Waals surface area contributed by atoms with Gasteiger partial charge in [0.1, 0.15) is 5.56 Å². The van der Waals surface area contributed by atoms with E-state index in [1.165, 1.54) is 6.07 Å². The highest BCUT2D eigenvalue weighted by Gasteiger charge is 2.16. The summed E-state index contributed by atoms with van der Waals surface area (Å²) in [6, 6.07) is 6.74. The minimum absolute atomic E-state index is 0.0675. The standard InChI is InChI=1S/C13H15NO4/c1-2-17-11-7-5-6-10(13(15)16)12(11)18-9-4-3-8-14/h5-7H,2-4,9H2,1H3,(H,15,16). The summed E-state index contributed by atoms with van der Waals surface area (Å²) in [5.74, 6) is -0.425. The number of ether oxygens (including phenoxy) is 2. The van der Waals surface area contributed by atoms with Crippen LogP contribution in [0.25, 0.3) is 0 Å². The minimum atomic E-state index is -1.06. The third-order valence-electron chi connectivity index (χ3n) is 2.19. The SMILES string of the molecule is CCOc1cccc(C(=O)O)c1OCCCC#N. The van der Waals surface area contributed by atoms with Crippen LogP contribution in [0.3, 0.4) is 0 Å². The van der Waals surface area contributed by atoms with E-state index in [9.17, 15) is 4.79 Å². The Morgan fingerprint density at radius 2 is 2.22 bits per heavy atom. The Kier molecular flexibility index (Phi) is 5.52. The van der Waals surface area contributed by atoms with Gasteiger partial charge in [-0.05, 0) is 25.5 Å². The fraction of sp³-hybridized carbons (Fsp3) is 0.385. The van der Waals surface area contributed by atoms with E-state index in [2.05, 4.69) is 0 Å². The van der Waals surface area contributed by atoms with Crippen molar-refractivity contribution in [2.75, 3.05) is 13.2 Å². The second kappa shape index (κ2) is 7.17. The van der Waals surface area contributed by atoms with E-state index in [1.807, 2.05) is 13.0 Å². The Labute approximate surface area is 106 Å². The van der Waals surface area contributed by atoms with E-state index >= 15 is 0 Å². The van der Waals surface area contributed by atoms with Crippen molar-refractivity contribution in [1.82, 2.24) is 0 Å². The van der Waals surface area contributed by atoms with Gasteiger partial charge in [0, 0.05) is 6.42 Å². The molecule has 1 N–H and O–H groups in total. The average Bonchev–Trinajstić information content (AvgIpc) is 2.36. The second-order valence-corrected chi connectivity index (χ2v) is 3.48. The Morgan fingerprint density at radius 1 is 1.44 bits per heavy atom. The number of para-hydroxylation sites is 1. The molecule has 1 aromatic rings. The molecule has 0 unspecified atom stereocenters. The molecule has 0 aliphatic heterocycles. The van der Waals surface area contributed by atoms with Gasteiger partial charge >= 0.3 is 5.97 Å². The second-order valence-electron chi connectivity index (χ2n) is 3.48. The van der Waals surface area contributed by atoms with Crippen LogP contribution in [-0.4, -0.2) is 24.3 Å². The van der Waals surface area contributed by atoms with Gasteiger partial charge in [-0.15, -0.1) is 0 Å². The molecule has 5 nitrogen and oxygen atoms in total. The third kappa shape index (κ3) is 3.67. The Morgan fingerprint density at radius 3 is 2.83 bits per heavy atom. The van der Waals surface area contributed by atoms with Crippen LogP contribution < -0.4 is 9.47 Å². The molecule has 0 saturated carbocycles. The molecule has 0 spiro atoms. The van der Waals surface area contributed by atoms with Crippen LogP contribution in [0.1, 0.15) is 30.1 Å². The molecule has 0 atom stereocenters. The number of hydrogen-bond acceptors (Lipinski definition) is 4. The Hall–Kier alpha value is -2.22. The third-order valence-corrected chi connectivity index (χ3v) is 2.19.